The van der Waals surface area contributed by atoms with E-state index in [-0.39, 0.29) is 18.9 Å². The fraction of sp³-hybridized carbons (Fsp3) is 0.783. The Morgan fingerprint density at radius 2 is 0.873 bits per heavy atom. The highest BCUT2D eigenvalue weighted by atomic mass is 16.8. The lowest BCUT2D eigenvalue weighted by Crippen LogP contribution is -2.66. The predicted molar refractivity (Wildman–Crippen MR) is 300 cm³/mol. The van der Waals surface area contributed by atoms with Gasteiger partial charge in [0, 0.05) is 6.42 Å². The number of carbonyl (C=O) groups excluding carboxylic acids is 1. The summed E-state index contributed by atoms with van der Waals surface area (Å²) in [5.74, 6) is -0.289. The molecule has 17 unspecified atom stereocenters. The second kappa shape index (κ2) is 43.0. The quantitative estimate of drug-likeness (QED) is 0.0282. The predicted octanol–water partition coefficient (Wildman–Crippen LogP) is 5.04. The van der Waals surface area contributed by atoms with Gasteiger partial charge < -0.3 is 89.9 Å². The van der Waals surface area contributed by atoms with Crippen LogP contribution in [0.2, 0.25) is 0 Å². The van der Waals surface area contributed by atoms with Crippen molar-refractivity contribution < 1.29 is 89.4 Å². The van der Waals surface area contributed by atoms with E-state index in [0.29, 0.717) is 6.42 Å². The molecule has 0 spiro atoms. The molecule has 3 rings (SSSR count). The van der Waals surface area contributed by atoms with E-state index in [1.165, 1.54) is 51.4 Å². The van der Waals surface area contributed by atoms with Gasteiger partial charge in [0.05, 0.1) is 38.6 Å². The smallest absolute Gasteiger partial charge is 0.220 e. The maximum atomic E-state index is 13.3. The second-order valence-corrected chi connectivity index (χ2v) is 21.1. The Bertz CT molecular complexity index is 1730. The van der Waals surface area contributed by atoms with Gasteiger partial charge in [0.15, 0.2) is 18.9 Å². The van der Waals surface area contributed by atoms with E-state index in [0.717, 1.165) is 89.9 Å². The van der Waals surface area contributed by atoms with Crippen LogP contribution in [0.3, 0.4) is 0 Å². The van der Waals surface area contributed by atoms with Crippen molar-refractivity contribution >= 4 is 5.91 Å². The maximum Gasteiger partial charge on any atom is 0.220 e. The van der Waals surface area contributed by atoms with Crippen LogP contribution >= 0.6 is 0 Å². The Morgan fingerprint density at radius 3 is 1.37 bits per heavy atom. The first-order valence-electron chi connectivity index (χ1n) is 29.7. The number of carbonyl (C=O) groups is 1. The minimum absolute atomic E-state index is 0.231. The van der Waals surface area contributed by atoms with Crippen molar-refractivity contribution in [2.24, 2.45) is 0 Å². The summed E-state index contributed by atoms with van der Waals surface area (Å²) in [5, 5.41) is 120. The first-order valence-corrected chi connectivity index (χ1v) is 29.7. The largest absolute Gasteiger partial charge is 0.394 e. The van der Waals surface area contributed by atoms with Crippen LogP contribution in [0.1, 0.15) is 168 Å². The topological polar surface area (TPSA) is 307 Å². The summed E-state index contributed by atoms with van der Waals surface area (Å²) < 4.78 is 34.2. The normalized spacial score (nSPS) is 30.8. The molecule has 0 aromatic carbocycles. The lowest BCUT2D eigenvalue weighted by molar-refractivity contribution is -0.379. The van der Waals surface area contributed by atoms with Crippen molar-refractivity contribution in [3.63, 3.8) is 0 Å². The van der Waals surface area contributed by atoms with Crippen molar-refractivity contribution in [3.05, 3.63) is 72.9 Å². The highest BCUT2D eigenvalue weighted by molar-refractivity contribution is 5.76. The molecule has 0 radical (unpaired) electrons. The zero-order chi connectivity index (χ0) is 57.6. The summed E-state index contributed by atoms with van der Waals surface area (Å²) in [6.45, 7) is 1.54. The summed E-state index contributed by atoms with van der Waals surface area (Å²) in [6, 6.07) is -0.978. The van der Waals surface area contributed by atoms with E-state index in [2.05, 4.69) is 79.9 Å². The third-order valence-corrected chi connectivity index (χ3v) is 14.5. The number of amides is 1. The van der Waals surface area contributed by atoms with Crippen LogP contribution in [0.4, 0.5) is 0 Å². The monoisotopic (exact) mass is 1130 g/mol. The number of rotatable bonds is 42. The fourth-order valence-electron chi connectivity index (χ4n) is 9.63. The lowest BCUT2D eigenvalue weighted by atomic mass is 9.96. The third kappa shape index (κ3) is 27.0. The average molecular weight is 1130 g/mol. The number of unbranched alkanes of at least 4 members (excludes halogenated alkanes) is 16. The molecule has 1 amide bonds. The molecule has 3 saturated heterocycles. The van der Waals surface area contributed by atoms with Gasteiger partial charge in [-0.05, 0) is 64.2 Å². The number of hydrogen-bond donors (Lipinski definition) is 12. The molecule has 17 atom stereocenters. The number of aliphatic hydroxyl groups excluding tert-OH is 11. The van der Waals surface area contributed by atoms with Crippen molar-refractivity contribution in [2.45, 2.75) is 272 Å². The molecule has 0 aromatic heterocycles. The molecule has 19 heteroatoms. The Morgan fingerprint density at radius 1 is 0.468 bits per heavy atom. The van der Waals surface area contributed by atoms with Gasteiger partial charge in [-0.25, -0.2) is 0 Å². The fourth-order valence-corrected chi connectivity index (χ4v) is 9.63. The number of nitrogens with one attached hydrogen (secondary N) is 1. The van der Waals surface area contributed by atoms with Crippen molar-refractivity contribution in [3.8, 4) is 0 Å². The van der Waals surface area contributed by atoms with Gasteiger partial charge in [-0.1, -0.05) is 170 Å². The van der Waals surface area contributed by atoms with Crippen molar-refractivity contribution in [2.75, 3.05) is 26.4 Å². The molecule has 0 saturated carbocycles. The van der Waals surface area contributed by atoms with Crippen LogP contribution in [-0.4, -0.2) is 193 Å². The summed E-state index contributed by atoms with van der Waals surface area (Å²) in [6.07, 6.45) is 23.3. The Labute approximate surface area is 470 Å². The van der Waals surface area contributed by atoms with Gasteiger partial charge in [0.1, 0.15) is 73.2 Å². The Kier molecular flexibility index (Phi) is 38.3. The molecular formula is C60H103NO18. The molecule has 0 aromatic rings. The Balaban J connectivity index is 1.44. The van der Waals surface area contributed by atoms with Crippen LogP contribution < -0.4 is 5.32 Å². The number of allylic oxidation sites excluding steroid dienone is 11. The standard InChI is InChI=1S/C60H103NO18/c1-3-5-7-9-11-13-14-15-16-17-18-19-20-21-22-23-24-25-26-27-28-30-32-34-36-38-48(66)61-43(44(65)37-35-33-31-29-12-10-8-6-4-2)42-74-58-54(72)51(69)56(46(40-63)76-58)79-60-55(73)52(70)57(47(41-64)77-60)78-59-53(71)50(68)49(67)45(39-62)75-59/h5,7,11,13,15-16,18-19,21-22,35,37,43-47,49-60,62-65,67-73H,3-4,6,8-10,12,14,17,20,23-34,36,38-42H2,1-2H3,(H,61,66)/b7-5-,13-11-,16-15-,19-18-,22-21-,37-35+. The lowest BCUT2D eigenvalue weighted by Gasteiger charge is -2.48. The number of hydrogen-bond acceptors (Lipinski definition) is 18. The van der Waals surface area contributed by atoms with Crippen LogP contribution in [0.25, 0.3) is 0 Å². The molecule has 0 bridgehead atoms. The molecule has 456 valence electrons. The van der Waals surface area contributed by atoms with Crippen LogP contribution in [0.5, 0.6) is 0 Å². The van der Waals surface area contributed by atoms with E-state index in [9.17, 15) is 61.0 Å². The van der Waals surface area contributed by atoms with Gasteiger partial charge in [-0.2, -0.15) is 0 Å². The molecule has 3 aliphatic heterocycles. The minimum Gasteiger partial charge on any atom is -0.394 e. The molecule has 19 nitrogen and oxygen atoms in total. The summed E-state index contributed by atoms with van der Waals surface area (Å²) in [5.41, 5.74) is 0. The van der Waals surface area contributed by atoms with Crippen LogP contribution in [0, 0.1) is 0 Å². The SMILES string of the molecule is CC/C=C\C/C=C\C/C=C\C/C=C\C/C=C\CCCCCCCCCCCC(=O)NC(COC1OC(CO)C(OC2OC(CO)C(OC3OC(CO)C(O)C(O)C3O)C(O)C2O)C(O)C1O)C(O)/C=C/CCCCCCCCC. The van der Waals surface area contributed by atoms with Crippen molar-refractivity contribution in [1.29, 1.82) is 0 Å². The van der Waals surface area contributed by atoms with Crippen molar-refractivity contribution in [1.82, 2.24) is 5.32 Å². The molecule has 3 heterocycles. The maximum absolute atomic E-state index is 13.3. The number of ether oxygens (including phenoxy) is 6. The molecular weight excluding hydrogens is 1020 g/mol. The van der Waals surface area contributed by atoms with Crippen LogP contribution in [0.15, 0.2) is 72.9 Å². The number of aliphatic hydroxyl groups is 11. The Hall–Kier alpha value is -2.77. The van der Waals surface area contributed by atoms with Crippen LogP contribution in [-0.2, 0) is 33.2 Å². The first kappa shape index (κ1) is 70.5. The van der Waals surface area contributed by atoms with Gasteiger partial charge in [-0.15, -0.1) is 0 Å². The summed E-state index contributed by atoms with van der Waals surface area (Å²) in [7, 11) is 0. The minimum atomic E-state index is -1.98. The molecule has 3 fully saturated rings. The summed E-state index contributed by atoms with van der Waals surface area (Å²) in [4.78, 5) is 13.3. The highest BCUT2D eigenvalue weighted by Gasteiger charge is 2.53. The van der Waals surface area contributed by atoms with E-state index < -0.39 is 124 Å². The second-order valence-electron chi connectivity index (χ2n) is 21.1. The molecule has 12 N–H and O–H groups in total. The zero-order valence-electron chi connectivity index (χ0n) is 47.3. The van der Waals surface area contributed by atoms with Gasteiger partial charge in [0.2, 0.25) is 5.91 Å². The van der Waals surface area contributed by atoms with E-state index in [4.69, 9.17) is 28.4 Å². The van der Waals surface area contributed by atoms with E-state index >= 15 is 0 Å². The highest BCUT2D eigenvalue weighted by Crippen LogP contribution is 2.33. The van der Waals surface area contributed by atoms with Gasteiger partial charge in [0.25, 0.3) is 0 Å². The zero-order valence-corrected chi connectivity index (χ0v) is 47.3. The molecule has 79 heavy (non-hydrogen) atoms. The van der Waals surface area contributed by atoms with E-state index in [1.807, 2.05) is 6.08 Å². The third-order valence-electron chi connectivity index (χ3n) is 14.5. The van der Waals surface area contributed by atoms with Gasteiger partial charge >= 0.3 is 0 Å². The molecule has 3 aliphatic rings. The van der Waals surface area contributed by atoms with Gasteiger partial charge in [-0.3, -0.25) is 4.79 Å². The summed E-state index contributed by atoms with van der Waals surface area (Å²) >= 11 is 0. The molecule has 0 aliphatic carbocycles. The average Bonchev–Trinajstić information content (AvgIpc) is 3.47. The van der Waals surface area contributed by atoms with E-state index in [1.54, 1.807) is 6.08 Å². The first-order chi connectivity index (χ1) is 38.3.